The summed E-state index contributed by atoms with van der Waals surface area (Å²) in [4.78, 5) is 29.5. The Morgan fingerprint density at radius 2 is 1.69 bits per heavy atom. The highest BCUT2D eigenvalue weighted by Crippen LogP contribution is 2.29. The lowest BCUT2D eigenvalue weighted by atomic mass is 10.1. The van der Waals surface area contributed by atoms with Gasteiger partial charge in [0.25, 0.3) is 11.8 Å². The summed E-state index contributed by atoms with van der Waals surface area (Å²) in [7, 11) is 1.49. The van der Waals surface area contributed by atoms with Crippen molar-refractivity contribution in [3.8, 4) is 11.5 Å². The van der Waals surface area contributed by atoms with E-state index in [1.54, 1.807) is 18.2 Å². The molecule has 0 aliphatic carbocycles. The summed E-state index contributed by atoms with van der Waals surface area (Å²) in [6.07, 6.45) is 0. The molecule has 3 aromatic rings. The number of rotatable bonds is 8. The number of nitrogens with one attached hydrogen (secondary N) is 1. The molecule has 0 radical (unpaired) electrons. The molecule has 2 amide bonds. The summed E-state index contributed by atoms with van der Waals surface area (Å²) in [5.74, 6) is -0.121. The summed E-state index contributed by atoms with van der Waals surface area (Å²) in [5.41, 5.74) is 3.50. The smallest absolute Gasteiger partial charge is 0.262 e. The van der Waals surface area contributed by atoms with Crippen molar-refractivity contribution in [2.45, 2.75) is 13.5 Å². The zero-order chi connectivity index (χ0) is 25.5. The molecule has 1 N–H and O–H groups in total. The number of methoxy groups -OCH3 is 1. The summed E-state index contributed by atoms with van der Waals surface area (Å²) in [6.45, 7) is 5.61. The lowest BCUT2D eigenvalue weighted by Crippen LogP contribution is -2.48. The summed E-state index contributed by atoms with van der Waals surface area (Å²) in [6, 6.07) is 18.9. The van der Waals surface area contributed by atoms with Gasteiger partial charge in [-0.15, -0.1) is 0 Å². The highest BCUT2D eigenvalue weighted by Gasteiger charge is 2.23. The maximum Gasteiger partial charge on any atom is 0.262 e. The second-order valence-electron chi connectivity index (χ2n) is 8.77. The van der Waals surface area contributed by atoms with Crippen molar-refractivity contribution in [1.29, 1.82) is 0 Å². The molecule has 0 bridgehead atoms. The number of carbonyl (C=O) groups is 2. The van der Waals surface area contributed by atoms with E-state index >= 15 is 0 Å². The molecule has 0 atom stereocenters. The fourth-order valence-corrected chi connectivity index (χ4v) is 4.15. The average Bonchev–Trinajstić information content (AvgIpc) is 2.89. The fourth-order valence-electron chi connectivity index (χ4n) is 4.15. The van der Waals surface area contributed by atoms with Gasteiger partial charge < -0.3 is 19.7 Å². The Hall–Kier alpha value is -3.91. The van der Waals surface area contributed by atoms with Crippen molar-refractivity contribution < 1.29 is 23.5 Å². The highest BCUT2D eigenvalue weighted by atomic mass is 19.1. The molecule has 0 unspecified atom stereocenters. The van der Waals surface area contributed by atoms with Gasteiger partial charge in [-0.05, 0) is 55.0 Å². The van der Waals surface area contributed by atoms with E-state index < -0.39 is 5.91 Å². The van der Waals surface area contributed by atoms with Gasteiger partial charge in [-0.2, -0.15) is 0 Å². The predicted octanol–water partition coefficient (Wildman–Crippen LogP) is 4.12. The largest absolute Gasteiger partial charge is 0.493 e. The molecule has 36 heavy (non-hydrogen) atoms. The molecule has 1 fully saturated rings. The molecule has 1 aliphatic rings. The molecular formula is C28H30FN3O4. The molecule has 4 rings (SSSR count). The van der Waals surface area contributed by atoms with Crippen LogP contribution in [0.4, 0.5) is 10.1 Å². The van der Waals surface area contributed by atoms with Gasteiger partial charge in [-0.25, -0.2) is 4.39 Å². The van der Waals surface area contributed by atoms with Gasteiger partial charge in [0, 0.05) is 44.0 Å². The monoisotopic (exact) mass is 491 g/mol. The van der Waals surface area contributed by atoms with E-state index in [-0.39, 0.29) is 18.3 Å². The maximum absolute atomic E-state index is 13.1. The zero-order valence-corrected chi connectivity index (χ0v) is 20.5. The number of halogens is 1. The molecular weight excluding hydrogens is 461 g/mol. The number of amides is 2. The first-order valence-corrected chi connectivity index (χ1v) is 11.8. The molecule has 7 nitrogen and oxygen atoms in total. The Bertz CT molecular complexity index is 1210. The summed E-state index contributed by atoms with van der Waals surface area (Å²) in [5, 5.41) is 2.63. The van der Waals surface area contributed by atoms with Crippen LogP contribution in [0, 0.1) is 12.7 Å². The second-order valence-corrected chi connectivity index (χ2v) is 8.77. The SMILES string of the molecule is COc1cc(C(=O)N2CCN(Cc3cccc(C)c3)CC2)ccc1OCC(=O)Nc1ccc(F)cc1. The predicted molar refractivity (Wildman–Crippen MR) is 136 cm³/mol. The number of carbonyl (C=O) groups excluding carboxylic acids is 2. The van der Waals surface area contributed by atoms with Gasteiger partial charge in [0.05, 0.1) is 7.11 Å². The number of aryl methyl sites for hydroxylation is 1. The van der Waals surface area contributed by atoms with Gasteiger partial charge in [0.1, 0.15) is 5.82 Å². The molecule has 0 spiro atoms. The normalized spacial score (nSPS) is 13.8. The molecule has 1 aliphatic heterocycles. The van der Waals surface area contributed by atoms with E-state index in [4.69, 9.17) is 9.47 Å². The van der Waals surface area contributed by atoms with Crippen molar-refractivity contribution in [2.75, 3.05) is 45.2 Å². The first kappa shape index (κ1) is 25.2. The fraction of sp³-hybridized carbons (Fsp3) is 0.286. The number of anilines is 1. The van der Waals surface area contributed by atoms with Crippen molar-refractivity contribution in [3.05, 3.63) is 89.2 Å². The lowest BCUT2D eigenvalue weighted by Gasteiger charge is -2.35. The van der Waals surface area contributed by atoms with Crippen LogP contribution >= 0.6 is 0 Å². The standard InChI is InChI=1S/C28H30FN3O4/c1-20-4-3-5-21(16-20)18-31-12-14-32(15-13-31)28(34)22-6-11-25(26(17-22)35-2)36-19-27(33)30-24-9-7-23(29)8-10-24/h3-11,16-17H,12-15,18-19H2,1-2H3,(H,30,33). The van der Waals surface area contributed by atoms with Gasteiger partial charge in [-0.3, -0.25) is 14.5 Å². The number of hydrogen-bond acceptors (Lipinski definition) is 5. The first-order chi connectivity index (χ1) is 17.4. The van der Waals surface area contributed by atoms with Crippen LogP contribution in [0.1, 0.15) is 21.5 Å². The Morgan fingerprint density at radius 1 is 0.944 bits per heavy atom. The van der Waals surface area contributed by atoms with Crippen LogP contribution in [0.25, 0.3) is 0 Å². The van der Waals surface area contributed by atoms with E-state index in [1.165, 1.54) is 42.5 Å². The van der Waals surface area contributed by atoms with E-state index in [1.807, 2.05) is 4.90 Å². The Kier molecular flexibility index (Phi) is 8.17. The van der Waals surface area contributed by atoms with Crippen molar-refractivity contribution in [1.82, 2.24) is 9.80 Å². The van der Waals surface area contributed by atoms with Gasteiger partial charge in [0.2, 0.25) is 0 Å². The number of ether oxygens (including phenoxy) is 2. The van der Waals surface area contributed by atoms with Gasteiger partial charge >= 0.3 is 0 Å². The van der Waals surface area contributed by atoms with Crippen LogP contribution in [0.5, 0.6) is 11.5 Å². The van der Waals surface area contributed by atoms with Gasteiger partial charge in [-0.1, -0.05) is 29.8 Å². The second kappa shape index (κ2) is 11.7. The van der Waals surface area contributed by atoms with Crippen molar-refractivity contribution in [2.24, 2.45) is 0 Å². The number of nitrogens with zero attached hydrogens (tertiary/aromatic N) is 2. The molecule has 1 heterocycles. The summed E-state index contributed by atoms with van der Waals surface area (Å²) >= 11 is 0. The molecule has 0 saturated carbocycles. The molecule has 8 heteroatoms. The maximum atomic E-state index is 13.1. The molecule has 188 valence electrons. The van der Waals surface area contributed by atoms with Crippen LogP contribution in [-0.4, -0.2) is 61.5 Å². The third-order valence-electron chi connectivity index (χ3n) is 6.05. The Labute approximate surface area is 210 Å². The van der Waals surface area contributed by atoms with Crippen LogP contribution in [0.3, 0.4) is 0 Å². The van der Waals surface area contributed by atoms with E-state index in [2.05, 4.69) is 41.4 Å². The lowest BCUT2D eigenvalue weighted by molar-refractivity contribution is -0.118. The van der Waals surface area contributed by atoms with Crippen LogP contribution in [-0.2, 0) is 11.3 Å². The minimum absolute atomic E-state index is 0.0656. The van der Waals surface area contributed by atoms with E-state index in [0.717, 1.165) is 19.6 Å². The van der Waals surface area contributed by atoms with Crippen molar-refractivity contribution in [3.63, 3.8) is 0 Å². The van der Waals surface area contributed by atoms with Crippen LogP contribution in [0.2, 0.25) is 0 Å². The number of benzene rings is 3. The van der Waals surface area contributed by atoms with Gasteiger partial charge in [0.15, 0.2) is 18.1 Å². The van der Waals surface area contributed by atoms with E-state index in [0.29, 0.717) is 35.8 Å². The van der Waals surface area contributed by atoms with Crippen molar-refractivity contribution >= 4 is 17.5 Å². The quantitative estimate of drug-likeness (QED) is 0.513. The zero-order valence-electron chi connectivity index (χ0n) is 20.5. The van der Waals surface area contributed by atoms with Crippen LogP contribution in [0.15, 0.2) is 66.7 Å². The molecule has 3 aromatic carbocycles. The minimum Gasteiger partial charge on any atom is -0.493 e. The first-order valence-electron chi connectivity index (χ1n) is 11.8. The average molecular weight is 492 g/mol. The number of piperazine rings is 1. The molecule has 1 saturated heterocycles. The Balaban J connectivity index is 1.30. The third-order valence-corrected chi connectivity index (χ3v) is 6.05. The topological polar surface area (TPSA) is 71.1 Å². The highest BCUT2D eigenvalue weighted by molar-refractivity contribution is 5.95. The minimum atomic E-state index is -0.396. The number of hydrogen-bond donors (Lipinski definition) is 1. The van der Waals surface area contributed by atoms with E-state index in [9.17, 15) is 14.0 Å². The Morgan fingerprint density at radius 3 is 2.39 bits per heavy atom. The van der Waals surface area contributed by atoms with Crippen LogP contribution < -0.4 is 14.8 Å². The molecule has 0 aromatic heterocycles. The third kappa shape index (κ3) is 6.60. The summed E-state index contributed by atoms with van der Waals surface area (Å²) < 4.78 is 24.0.